The van der Waals surface area contributed by atoms with Gasteiger partial charge in [0, 0.05) is 0 Å². The fraction of sp³-hybridized carbons (Fsp3) is 0.333. The van der Waals surface area contributed by atoms with E-state index in [1.165, 1.54) is 24.8 Å². The largest absolute Gasteiger partial charge is 0.288 e. The van der Waals surface area contributed by atoms with E-state index in [0.717, 1.165) is 18.4 Å². The van der Waals surface area contributed by atoms with Crippen molar-refractivity contribution in [3.8, 4) is 0 Å². The zero-order chi connectivity index (χ0) is 12.5. The fourth-order valence-electron chi connectivity index (χ4n) is 2.64. The van der Waals surface area contributed by atoms with Crippen LogP contribution in [0, 0.1) is 0 Å². The highest BCUT2D eigenvalue weighted by Gasteiger charge is 2.26. The molecule has 0 unspecified atom stereocenters. The van der Waals surface area contributed by atoms with Crippen molar-refractivity contribution < 1.29 is 9.59 Å². The van der Waals surface area contributed by atoms with Gasteiger partial charge in [-0.3, -0.25) is 14.9 Å². The summed E-state index contributed by atoms with van der Waals surface area (Å²) in [5, 5.41) is 2.32. The zero-order valence-corrected chi connectivity index (χ0v) is 10.2. The third-order valence-electron chi connectivity index (χ3n) is 3.67. The maximum Gasteiger partial charge on any atom is 0.258 e. The average Bonchev–Trinajstić information content (AvgIpc) is 2.97. The van der Waals surface area contributed by atoms with Crippen molar-refractivity contribution in [2.24, 2.45) is 0 Å². The number of allylic oxidation sites excluding steroid dienone is 2. The summed E-state index contributed by atoms with van der Waals surface area (Å²) in [5.74, 6) is -0.544. The van der Waals surface area contributed by atoms with Crippen LogP contribution in [0.1, 0.15) is 52.0 Å². The van der Waals surface area contributed by atoms with Crippen LogP contribution in [0.4, 0.5) is 0 Å². The molecule has 0 saturated heterocycles. The molecule has 0 saturated carbocycles. The molecule has 18 heavy (non-hydrogen) atoms. The van der Waals surface area contributed by atoms with Gasteiger partial charge in [0.2, 0.25) is 0 Å². The Morgan fingerprint density at radius 3 is 2.67 bits per heavy atom. The summed E-state index contributed by atoms with van der Waals surface area (Å²) in [6.45, 7) is 0. The highest BCUT2D eigenvalue weighted by Crippen LogP contribution is 2.24. The van der Waals surface area contributed by atoms with Crippen LogP contribution in [0.25, 0.3) is 0 Å². The van der Waals surface area contributed by atoms with Crippen molar-refractivity contribution in [3.63, 3.8) is 0 Å². The van der Waals surface area contributed by atoms with Crippen LogP contribution in [0.15, 0.2) is 29.8 Å². The molecule has 1 aromatic rings. The summed E-state index contributed by atoms with van der Waals surface area (Å²) < 4.78 is 0. The molecule has 3 heteroatoms. The minimum Gasteiger partial charge on any atom is -0.288 e. The number of imide groups is 1. The average molecular weight is 241 g/mol. The highest BCUT2D eigenvalue weighted by atomic mass is 16.2. The van der Waals surface area contributed by atoms with Crippen molar-refractivity contribution in [2.45, 2.75) is 32.1 Å². The number of hydrogen-bond donors (Lipinski definition) is 1. The van der Waals surface area contributed by atoms with Crippen LogP contribution >= 0.6 is 0 Å². The van der Waals surface area contributed by atoms with Crippen molar-refractivity contribution >= 4 is 11.8 Å². The minimum absolute atomic E-state index is 0.267. The predicted octanol–water partition coefficient (Wildman–Crippen LogP) is 2.61. The smallest absolute Gasteiger partial charge is 0.258 e. The van der Waals surface area contributed by atoms with Gasteiger partial charge in [0.25, 0.3) is 11.8 Å². The molecule has 0 radical (unpaired) electrons. The molecular formula is C15H15NO2. The number of nitrogens with one attached hydrogen (secondary N) is 1. The molecular weight excluding hydrogens is 226 g/mol. The number of carbonyl (C=O) groups is 2. The summed E-state index contributed by atoms with van der Waals surface area (Å²) in [6, 6.07) is 5.56. The lowest BCUT2D eigenvalue weighted by Crippen LogP contribution is -2.19. The summed E-state index contributed by atoms with van der Waals surface area (Å²) >= 11 is 0. The van der Waals surface area contributed by atoms with Gasteiger partial charge >= 0.3 is 0 Å². The molecule has 0 bridgehead atoms. The van der Waals surface area contributed by atoms with E-state index in [2.05, 4.69) is 11.4 Å². The first kappa shape index (κ1) is 11.2. The van der Waals surface area contributed by atoms with E-state index in [4.69, 9.17) is 0 Å². The Bertz CT molecular complexity index is 558. The monoisotopic (exact) mass is 241 g/mol. The molecule has 1 N–H and O–H groups in total. The zero-order valence-electron chi connectivity index (χ0n) is 10.2. The van der Waals surface area contributed by atoms with E-state index in [-0.39, 0.29) is 11.8 Å². The van der Waals surface area contributed by atoms with Crippen LogP contribution < -0.4 is 5.32 Å². The third kappa shape index (κ3) is 1.96. The van der Waals surface area contributed by atoms with Gasteiger partial charge in [-0.25, -0.2) is 0 Å². The Morgan fingerprint density at radius 1 is 1.06 bits per heavy atom. The first-order valence-electron chi connectivity index (χ1n) is 6.40. The van der Waals surface area contributed by atoms with Crippen LogP contribution in [-0.2, 0) is 6.42 Å². The lowest BCUT2D eigenvalue weighted by molar-refractivity contribution is 0.0879. The maximum absolute atomic E-state index is 11.5. The molecule has 1 aliphatic carbocycles. The molecule has 2 aliphatic rings. The Hall–Kier alpha value is -1.90. The summed E-state index contributed by atoms with van der Waals surface area (Å²) in [7, 11) is 0. The Labute approximate surface area is 106 Å². The Morgan fingerprint density at radius 2 is 1.89 bits per heavy atom. The van der Waals surface area contributed by atoms with Crippen LogP contribution in [0.5, 0.6) is 0 Å². The molecule has 1 heterocycles. The van der Waals surface area contributed by atoms with E-state index in [1.54, 1.807) is 6.07 Å². The van der Waals surface area contributed by atoms with Gasteiger partial charge in [-0.05, 0) is 49.8 Å². The normalized spacial score (nSPS) is 17.7. The van der Waals surface area contributed by atoms with Crippen molar-refractivity contribution in [1.82, 2.24) is 5.32 Å². The number of amides is 2. The molecule has 0 aromatic heterocycles. The van der Waals surface area contributed by atoms with Crippen LogP contribution in [0.3, 0.4) is 0 Å². The number of hydrogen-bond acceptors (Lipinski definition) is 2. The second-order valence-corrected chi connectivity index (χ2v) is 4.92. The second kappa shape index (κ2) is 4.41. The first-order valence-corrected chi connectivity index (χ1v) is 6.40. The van der Waals surface area contributed by atoms with Gasteiger partial charge in [0.15, 0.2) is 0 Å². The summed E-state index contributed by atoms with van der Waals surface area (Å²) in [4.78, 5) is 23.0. The topological polar surface area (TPSA) is 46.2 Å². The van der Waals surface area contributed by atoms with Gasteiger partial charge in [-0.2, -0.15) is 0 Å². The predicted molar refractivity (Wildman–Crippen MR) is 68.5 cm³/mol. The van der Waals surface area contributed by atoms with E-state index >= 15 is 0 Å². The molecule has 3 rings (SSSR count). The molecule has 0 fully saturated rings. The van der Waals surface area contributed by atoms with Crippen LogP contribution in [0.2, 0.25) is 0 Å². The lowest BCUT2D eigenvalue weighted by atomic mass is 10.00. The molecule has 92 valence electrons. The molecule has 1 aliphatic heterocycles. The maximum atomic E-state index is 11.5. The van der Waals surface area contributed by atoms with Crippen molar-refractivity contribution in [3.05, 3.63) is 46.5 Å². The third-order valence-corrected chi connectivity index (χ3v) is 3.67. The highest BCUT2D eigenvalue weighted by molar-refractivity contribution is 6.21. The SMILES string of the molecule is O=C1NC(=O)c2cc(CCC3=CCCC3)ccc21. The van der Waals surface area contributed by atoms with Gasteiger partial charge < -0.3 is 0 Å². The summed E-state index contributed by atoms with van der Waals surface area (Å²) in [6.07, 6.45) is 8.02. The first-order chi connectivity index (χ1) is 8.74. The van der Waals surface area contributed by atoms with E-state index in [9.17, 15) is 9.59 Å². The van der Waals surface area contributed by atoms with E-state index in [1.807, 2.05) is 12.1 Å². The van der Waals surface area contributed by atoms with Gasteiger partial charge in [-0.1, -0.05) is 17.7 Å². The fourth-order valence-corrected chi connectivity index (χ4v) is 2.64. The molecule has 3 nitrogen and oxygen atoms in total. The van der Waals surface area contributed by atoms with E-state index in [0.29, 0.717) is 11.1 Å². The molecule has 1 aromatic carbocycles. The quantitative estimate of drug-likeness (QED) is 0.653. The van der Waals surface area contributed by atoms with Crippen molar-refractivity contribution in [1.29, 1.82) is 0 Å². The summed E-state index contributed by atoms with van der Waals surface area (Å²) in [5.41, 5.74) is 3.68. The van der Waals surface area contributed by atoms with Gasteiger partial charge in [-0.15, -0.1) is 0 Å². The molecule has 2 amide bonds. The Kier molecular flexibility index (Phi) is 2.74. The van der Waals surface area contributed by atoms with Gasteiger partial charge in [0.1, 0.15) is 0 Å². The van der Waals surface area contributed by atoms with Crippen LogP contribution in [-0.4, -0.2) is 11.8 Å². The minimum atomic E-state index is -0.278. The lowest BCUT2D eigenvalue weighted by Gasteiger charge is -2.04. The number of benzene rings is 1. The number of carbonyl (C=O) groups excluding carboxylic acids is 2. The Balaban J connectivity index is 1.76. The number of rotatable bonds is 3. The van der Waals surface area contributed by atoms with Gasteiger partial charge in [0.05, 0.1) is 11.1 Å². The standard InChI is InChI=1S/C15H15NO2/c17-14-12-8-7-11(9-13(12)15(18)16-14)6-5-10-3-1-2-4-10/h3,7-9H,1-2,4-6H2,(H,16,17,18). The second-order valence-electron chi connectivity index (χ2n) is 4.92. The molecule has 0 spiro atoms. The van der Waals surface area contributed by atoms with E-state index < -0.39 is 0 Å². The number of fused-ring (bicyclic) bond motifs is 1. The van der Waals surface area contributed by atoms with Crippen molar-refractivity contribution in [2.75, 3.05) is 0 Å². The molecule has 0 atom stereocenters. The number of aryl methyl sites for hydroxylation is 1.